The van der Waals surface area contributed by atoms with E-state index in [-0.39, 0.29) is 24.5 Å². The van der Waals surface area contributed by atoms with Crippen molar-refractivity contribution < 1.29 is 14.3 Å². The molecule has 2 aromatic rings. The number of urea groups is 1. The number of carbonyl (C=O) groups excluding carboxylic acids is 1. The Kier molecular flexibility index (Phi) is 5.62. The minimum atomic E-state index is -1.27. The van der Waals surface area contributed by atoms with Crippen LogP contribution in [0.15, 0.2) is 41.1 Å². The molecule has 2 aromatic heterocycles. The number of nitrogens with zero attached hydrogens (tertiary/aromatic N) is 1. The molecule has 2 unspecified atom stereocenters. The van der Waals surface area contributed by atoms with Crippen LogP contribution in [0.2, 0.25) is 0 Å². The number of aromatic nitrogens is 1. The van der Waals surface area contributed by atoms with E-state index < -0.39 is 5.60 Å². The Morgan fingerprint density at radius 1 is 1.38 bits per heavy atom. The lowest BCUT2D eigenvalue weighted by Crippen LogP contribution is -2.45. The van der Waals surface area contributed by atoms with Crippen LogP contribution in [0.5, 0.6) is 0 Å². The fourth-order valence-corrected chi connectivity index (χ4v) is 2.49. The zero-order chi connectivity index (χ0) is 17.7. The van der Waals surface area contributed by atoms with Crippen molar-refractivity contribution in [2.45, 2.75) is 39.3 Å². The summed E-state index contributed by atoms with van der Waals surface area (Å²) in [5, 5.41) is 16.0. The summed E-state index contributed by atoms with van der Waals surface area (Å²) in [6.07, 6.45) is 3.21. The molecule has 3 N–H and O–H groups in total. The molecule has 2 atom stereocenters. The molecule has 0 radical (unpaired) electrons. The summed E-state index contributed by atoms with van der Waals surface area (Å²) >= 11 is 0. The Morgan fingerprint density at radius 2 is 2.12 bits per heavy atom. The van der Waals surface area contributed by atoms with Crippen molar-refractivity contribution in [2.24, 2.45) is 5.92 Å². The van der Waals surface area contributed by atoms with Crippen molar-refractivity contribution in [3.63, 3.8) is 0 Å². The Labute approximate surface area is 142 Å². The number of hydrogen-bond acceptors (Lipinski definition) is 4. The predicted molar refractivity (Wildman–Crippen MR) is 91.4 cm³/mol. The van der Waals surface area contributed by atoms with Gasteiger partial charge in [0.2, 0.25) is 0 Å². The van der Waals surface area contributed by atoms with E-state index in [1.807, 2.05) is 32.9 Å². The molecular weight excluding hydrogens is 306 g/mol. The van der Waals surface area contributed by atoms with E-state index in [2.05, 4.69) is 15.6 Å². The Bertz CT molecular complexity index is 666. The number of pyridine rings is 1. The van der Waals surface area contributed by atoms with Crippen LogP contribution in [0.3, 0.4) is 0 Å². The molecule has 2 heterocycles. The molecular formula is C18H25N3O3. The predicted octanol–water partition coefficient (Wildman–Crippen LogP) is 2.89. The van der Waals surface area contributed by atoms with Gasteiger partial charge >= 0.3 is 6.03 Å². The van der Waals surface area contributed by atoms with Crippen LogP contribution in [0.25, 0.3) is 0 Å². The van der Waals surface area contributed by atoms with Gasteiger partial charge in [-0.05, 0) is 43.5 Å². The Morgan fingerprint density at radius 3 is 2.71 bits per heavy atom. The highest BCUT2D eigenvalue weighted by Gasteiger charge is 2.28. The van der Waals surface area contributed by atoms with Gasteiger partial charge < -0.3 is 20.2 Å². The van der Waals surface area contributed by atoms with Crippen LogP contribution >= 0.6 is 0 Å². The highest BCUT2D eigenvalue weighted by atomic mass is 16.4. The molecule has 2 amide bonds. The smallest absolute Gasteiger partial charge is 0.315 e. The lowest BCUT2D eigenvalue weighted by molar-refractivity contribution is 0.0366. The van der Waals surface area contributed by atoms with Gasteiger partial charge in [0.1, 0.15) is 11.4 Å². The van der Waals surface area contributed by atoms with E-state index in [9.17, 15) is 9.90 Å². The first-order chi connectivity index (χ1) is 11.3. The molecule has 2 rings (SSSR count). The van der Waals surface area contributed by atoms with E-state index in [0.29, 0.717) is 5.76 Å². The van der Waals surface area contributed by atoms with Gasteiger partial charge in [0.25, 0.3) is 0 Å². The minimum absolute atomic E-state index is 0.0400. The molecule has 0 aromatic carbocycles. The molecule has 0 aliphatic carbocycles. The maximum Gasteiger partial charge on any atom is 0.315 e. The van der Waals surface area contributed by atoms with Gasteiger partial charge in [-0.1, -0.05) is 19.9 Å². The normalized spacial score (nSPS) is 14.9. The molecule has 0 saturated carbocycles. The largest absolute Gasteiger partial charge is 0.466 e. The zero-order valence-electron chi connectivity index (χ0n) is 14.5. The zero-order valence-corrected chi connectivity index (χ0v) is 14.5. The minimum Gasteiger partial charge on any atom is -0.466 e. The topological polar surface area (TPSA) is 87.4 Å². The Balaban J connectivity index is 2.00. The summed E-state index contributed by atoms with van der Waals surface area (Å²) in [7, 11) is 0. The molecule has 130 valence electrons. The number of amides is 2. The molecule has 0 fully saturated rings. The van der Waals surface area contributed by atoms with Crippen LogP contribution in [0.4, 0.5) is 4.79 Å². The quantitative estimate of drug-likeness (QED) is 0.759. The van der Waals surface area contributed by atoms with E-state index in [1.54, 1.807) is 25.3 Å². The van der Waals surface area contributed by atoms with Crippen molar-refractivity contribution in [1.29, 1.82) is 0 Å². The molecule has 0 bridgehead atoms. The first kappa shape index (κ1) is 18.0. The summed E-state index contributed by atoms with van der Waals surface area (Å²) in [5.74, 6) is 0.582. The standard InChI is InChI=1S/C18H25N3O3/c1-12(2)15(16-13(3)7-5-9-19-16)21-17(22)20-11-18(4,23)14-8-6-10-24-14/h5-10,12,15,23H,11H2,1-4H3,(H2,20,21,22). The van der Waals surface area contributed by atoms with Crippen LogP contribution in [0.1, 0.15) is 43.8 Å². The third-order valence-corrected chi connectivity index (χ3v) is 3.94. The number of aliphatic hydroxyl groups is 1. The van der Waals surface area contributed by atoms with Crippen molar-refractivity contribution in [2.75, 3.05) is 6.54 Å². The fraction of sp³-hybridized carbons (Fsp3) is 0.444. The van der Waals surface area contributed by atoms with Crippen LogP contribution < -0.4 is 10.6 Å². The SMILES string of the molecule is Cc1cccnc1C(NC(=O)NCC(C)(O)c1ccco1)C(C)C. The monoisotopic (exact) mass is 331 g/mol. The van der Waals surface area contributed by atoms with Gasteiger partial charge in [-0.25, -0.2) is 4.79 Å². The van der Waals surface area contributed by atoms with Crippen LogP contribution in [-0.2, 0) is 5.60 Å². The number of rotatable bonds is 6. The third-order valence-electron chi connectivity index (χ3n) is 3.94. The van der Waals surface area contributed by atoms with Gasteiger partial charge in [-0.3, -0.25) is 4.98 Å². The second kappa shape index (κ2) is 7.49. The lowest BCUT2D eigenvalue weighted by atomic mass is 9.97. The summed E-state index contributed by atoms with van der Waals surface area (Å²) in [6, 6.07) is 6.65. The second-order valence-electron chi connectivity index (χ2n) is 6.51. The van der Waals surface area contributed by atoms with E-state index in [0.717, 1.165) is 11.3 Å². The molecule has 24 heavy (non-hydrogen) atoms. The first-order valence-electron chi connectivity index (χ1n) is 8.03. The number of hydrogen-bond donors (Lipinski definition) is 3. The third kappa shape index (κ3) is 4.35. The van der Waals surface area contributed by atoms with E-state index in [4.69, 9.17) is 4.42 Å². The molecule has 6 nitrogen and oxygen atoms in total. The van der Waals surface area contributed by atoms with E-state index >= 15 is 0 Å². The van der Waals surface area contributed by atoms with Gasteiger partial charge in [0.15, 0.2) is 0 Å². The number of furan rings is 1. The number of aryl methyl sites for hydroxylation is 1. The van der Waals surface area contributed by atoms with Gasteiger partial charge in [-0.2, -0.15) is 0 Å². The average molecular weight is 331 g/mol. The lowest BCUT2D eigenvalue weighted by Gasteiger charge is -2.25. The number of carbonyl (C=O) groups is 1. The molecule has 0 spiro atoms. The average Bonchev–Trinajstić information content (AvgIpc) is 3.07. The van der Waals surface area contributed by atoms with Gasteiger partial charge in [0, 0.05) is 6.20 Å². The van der Waals surface area contributed by atoms with Gasteiger partial charge in [0.05, 0.1) is 24.5 Å². The number of nitrogens with one attached hydrogen (secondary N) is 2. The maximum absolute atomic E-state index is 12.3. The summed E-state index contributed by atoms with van der Waals surface area (Å²) in [4.78, 5) is 16.7. The van der Waals surface area contributed by atoms with Crippen molar-refractivity contribution >= 4 is 6.03 Å². The van der Waals surface area contributed by atoms with E-state index in [1.165, 1.54) is 6.26 Å². The highest BCUT2D eigenvalue weighted by Crippen LogP contribution is 2.23. The fourth-order valence-electron chi connectivity index (χ4n) is 2.49. The summed E-state index contributed by atoms with van der Waals surface area (Å²) in [6.45, 7) is 7.66. The van der Waals surface area contributed by atoms with Crippen molar-refractivity contribution in [1.82, 2.24) is 15.6 Å². The summed E-state index contributed by atoms with van der Waals surface area (Å²) < 4.78 is 5.20. The van der Waals surface area contributed by atoms with Gasteiger partial charge in [-0.15, -0.1) is 0 Å². The maximum atomic E-state index is 12.3. The molecule has 6 heteroatoms. The van der Waals surface area contributed by atoms with Crippen molar-refractivity contribution in [3.8, 4) is 0 Å². The molecule has 0 aliphatic heterocycles. The highest BCUT2D eigenvalue weighted by molar-refractivity contribution is 5.74. The molecule has 0 aliphatic rings. The first-order valence-corrected chi connectivity index (χ1v) is 8.03. The molecule has 0 saturated heterocycles. The summed E-state index contributed by atoms with van der Waals surface area (Å²) in [5.41, 5.74) is 0.606. The van der Waals surface area contributed by atoms with Crippen molar-refractivity contribution in [3.05, 3.63) is 53.7 Å². The Hall–Kier alpha value is -2.34. The van der Waals surface area contributed by atoms with Crippen LogP contribution in [-0.4, -0.2) is 22.7 Å². The van der Waals surface area contributed by atoms with Crippen LogP contribution in [0, 0.1) is 12.8 Å². The second-order valence-corrected chi connectivity index (χ2v) is 6.51.